The van der Waals surface area contributed by atoms with Crippen LogP contribution in [0.5, 0.6) is 0 Å². The van der Waals surface area contributed by atoms with Gasteiger partial charge in [0.05, 0.1) is 26.6 Å². The number of hydrazine groups is 1. The van der Waals surface area contributed by atoms with Gasteiger partial charge in [-0.05, 0) is 51.8 Å². The summed E-state index contributed by atoms with van der Waals surface area (Å²) in [6.07, 6.45) is 3.07. The lowest BCUT2D eigenvalue weighted by molar-refractivity contribution is -0.384. The highest BCUT2D eigenvalue weighted by Gasteiger charge is 2.36. The molecule has 0 unspecified atom stereocenters. The Morgan fingerprint density at radius 3 is 2.36 bits per heavy atom. The molecule has 1 fully saturated rings. The molecule has 14 heteroatoms. The van der Waals surface area contributed by atoms with E-state index in [1.807, 2.05) is 6.92 Å². The first-order valence-electron chi connectivity index (χ1n) is 11.3. The average molecular weight is 538 g/mol. The number of fused-ring (bicyclic) bond motifs is 1. The van der Waals surface area contributed by atoms with Gasteiger partial charge in [-0.15, -0.1) is 0 Å². The van der Waals surface area contributed by atoms with Gasteiger partial charge >= 0.3 is 5.69 Å². The summed E-state index contributed by atoms with van der Waals surface area (Å²) in [4.78, 5) is 15.3. The van der Waals surface area contributed by atoms with Gasteiger partial charge in [-0.2, -0.15) is 8.42 Å². The molecular weight excluding hydrogens is 510 g/mol. The molecule has 0 atom stereocenters. The van der Waals surface area contributed by atoms with Gasteiger partial charge in [0.15, 0.2) is 5.65 Å². The molecule has 12 nitrogen and oxygen atoms in total. The van der Waals surface area contributed by atoms with Crippen molar-refractivity contribution in [3.63, 3.8) is 0 Å². The Hall–Kier alpha value is -3.07. The van der Waals surface area contributed by atoms with E-state index in [1.54, 1.807) is 24.1 Å². The molecule has 0 saturated carbocycles. The van der Waals surface area contributed by atoms with E-state index in [4.69, 9.17) is 4.18 Å². The minimum absolute atomic E-state index is 0.0443. The number of benzene rings is 1. The molecular formula is C22H27N5O7S2. The van der Waals surface area contributed by atoms with Crippen LogP contribution in [0.1, 0.15) is 32.3 Å². The zero-order valence-corrected chi connectivity index (χ0v) is 21.7. The highest BCUT2D eigenvalue weighted by molar-refractivity contribution is 7.90. The fraction of sp³-hybridized carbons (Fsp3) is 0.409. The molecule has 194 valence electrons. The number of hydrogen-bond donors (Lipinski definition) is 1. The maximum atomic E-state index is 13.2. The fourth-order valence-electron chi connectivity index (χ4n) is 4.02. The Balaban J connectivity index is 1.66. The van der Waals surface area contributed by atoms with Crippen LogP contribution in [0, 0.1) is 17.0 Å². The number of anilines is 1. The molecule has 3 heterocycles. The van der Waals surface area contributed by atoms with Crippen LogP contribution in [0.2, 0.25) is 0 Å². The predicted octanol–water partition coefficient (Wildman–Crippen LogP) is 3.04. The molecule has 1 saturated heterocycles. The Bertz CT molecular complexity index is 1510. The largest absolute Gasteiger partial charge is 0.312 e. The normalized spacial score (nSPS) is 16.8. The molecule has 36 heavy (non-hydrogen) atoms. The third-order valence-electron chi connectivity index (χ3n) is 6.21. The maximum Gasteiger partial charge on any atom is 0.312 e. The number of nitrogens with one attached hydrogen (secondary N) is 1. The minimum atomic E-state index is -3.99. The Labute approximate surface area is 209 Å². The van der Waals surface area contributed by atoms with E-state index in [0.29, 0.717) is 25.9 Å². The monoisotopic (exact) mass is 537 g/mol. The summed E-state index contributed by atoms with van der Waals surface area (Å²) < 4.78 is 56.7. The standard InChI is InChI=1S/C22H27N5O7S2/c1-4-35(30,31)34-22(3)10-13-25(14-11-22)24-20-18-9-12-26(21(18)23-15-19(20)27(28)29)36(32,33)17-7-5-16(2)6-8-17/h5-9,12,15H,4,10-11,13-14H2,1-3H3,(H,23,24). The summed E-state index contributed by atoms with van der Waals surface area (Å²) in [5.74, 6) is -0.131. The number of nitro groups is 1. The van der Waals surface area contributed by atoms with Crippen LogP contribution in [0.3, 0.4) is 0 Å². The van der Waals surface area contributed by atoms with E-state index in [2.05, 4.69) is 10.4 Å². The van der Waals surface area contributed by atoms with Gasteiger partial charge in [0.25, 0.3) is 20.1 Å². The Morgan fingerprint density at radius 1 is 1.14 bits per heavy atom. The quantitative estimate of drug-likeness (QED) is 0.258. The summed E-state index contributed by atoms with van der Waals surface area (Å²) in [5, 5.41) is 13.7. The molecule has 2 aromatic heterocycles. The topological polar surface area (TPSA) is 154 Å². The van der Waals surface area contributed by atoms with Crippen molar-refractivity contribution in [1.29, 1.82) is 0 Å². The fourth-order valence-corrected chi connectivity index (χ4v) is 6.22. The van der Waals surface area contributed by atoms with Crippen molar-refractivity contribution < 1.29 is 25.9 Å². The second kappa shape index (κ2) is 9.42. The first-order chi connectivity index (χ1) is 16.8. The Morgan fingerprint density at radius 2 is 1.78 bits per heavy atom. The zero-order valence-electron chi connectivity index (χ0n) is 20.0. The minimum Gasteiger partial charge on any atom is -0.312 e. The number of rotatable bonds is 8. The van der Waals surface area contributed by atoms with E-state index in [-0.39, 0.29) is 33.1 Å². The van der Waals surface area contributed by atoms with Gasteiger partial charge < -0.3 is 5.43 Å². The lowest BCUT2D eigenvalue weighted by Gasteiger charge is -2.38. The van der Waals surface area contributed by atoms with Crippen molar-refractivity contribution in [3.8, 4) is 0 Å². The summed E-state index contributed by atoms with van der Waals surface area (Å²) in [7, 11) is -7.62. The van der Waals surface area contributed by atoms with Crippen LogP contribution in [0.25, 0.3) is 11.0 Å². The van der Waals surface area contributed by atoms with Gasteiger partial charge in [0, 0.05) is 19.3 Å². The highest BCUT2D eigenvalue weighted by Crippen LogP contribution is 2.35. The molecule has 1 N–H and O–H groups in total. The number of aryl methyl sites for hydroxylation is 1. The third-order valence-corrected chi connectivity index (χ3v) is 9.25. The molecule has 0 aliphatic carbocycles. The van der Waals surface area contributed by atoms with Crippen LogP contribution in [-0.2, 0) is 24.3 Å². The molecule has 1 aliphatic heterocycles. The van der Waals surface area contributed by atoms with Crippen molar-refractivity contribution in [1.82, 2.24) is 14.0 Å². The van der Waals surface area contributed by atoms with Crippen molar-refractivity contribution in [3.05, 3.63) is 58.4 Å². The molecule has 0 bridgehead atoms. The van der Waals surface area contributed by atoms with E-state index in [1.165, 1.54) is 31.3 Å². The van der Waals surface area contributed by atoms with E-state index in [0.717, 1.165) is 15.7 Å². The molecule has 4 rings (SSSR count). The second-order valence-electron chi connectivity index (χ2n) is 8.92. The number of hydrogen-bond acceptors (Lipinski definition) is 10. The lowest BCUT2D eigenvalue weighted by Crippen LogP contribution is -2.47. The summed E-state index contributed by atoms with van der Waals surface area (Å²) in [6.45, 7) is 5.77. The average Bonchev–Trinajstić information content (AvgIpc) is 3.26. The smallest absolute Gasteiger partial charge is 0.312 e. The third kappa shape index (κ3) is 5.07. The van der Waals surface area contributed by atoms with Gasteiger partial charge in [0.2, 0.25) is 0 Å². The van der Waals surface area contributed by atoms with Crippen molar-refractivity contribution >= 4 is 42.5 Å². The predicted molar refractivity (Wildman–Crippen MR) is 134 cm³/mol. The highest BCUT2D eigenvalue weighted by atomic mass is 32.2. The molecule has 0 spiro atoms. The molecule has 0 radical (unpaired) electrons. The van der Waals surface area contributed by atoms with Crippen molar-refractivity contribution in [2.24, 2.45) is 0 Å². The van der Waals surface area contributed by atoms with Crippen LogP contribution in [0.4, 0.5) is 11.4 Å². The zero-order chi connectivity index (χ0) is 26.3. The van der Waals surface area contributed by atoms with E-state index >= 15 is 0 Å². The summed E-state index contributed by atoms with van der Waals surface area (Å²) in [6, 6.07) is 7.82. The van der Waals surface area contributed by atoms with Crippen LogP contribution < -0.4 is 5.43 Å². The number of pyridine rings is 1. The first kappa shape index (κ1) is 26.0. The SMILES string of the molecule is CCS(=O)(=O)OC1(C)CCN(Nc2c([N+](=O)[O-])cnc3c2ccn3S(=O)(=O)c2ccc(C)cc2)CC1. The van der Waals surface area contributed by atoms with Crippen molar-refractivity contribution in [2.75, 3.05) is 24.3 Å². The van der Waals surface area contributed by atoms with Crippen LogP contribution in [0.15, 0.2) is 47.6 Å². The van der Waals surface area contributed by atoms with Crippen LogP contribution >= 0.6 is 0 Å². The van der Waals surface area contributed by atoms with E-state index < -0.39 is 30.7 Å². The number of piperidine rings is 1. The van der Waals surface area contributed by atoms with Crippen molar-refractivity contribution in [2.45, 2.75) is 44.1 Å². The Kier molecular flexibility index (Phi) is 6.81. The molecule has 0 amide bonds. The van der Waals surface area contributed by atoms with E-state index in [9.17, 15) is 26.9 Å². The molecule has 1 aromatic carbocycles. The van der Waals surface area contributed by atoms with Gasteiger partial charge in [-0.3, -0.25) is 14.3 Å². The second-order valence-corrected chi connectivity index (χ2v) is 12.6. The van der Waals surface area contributed by atoms with Gasteiger partial charge in [-0.25, -0.2) is 22.4 Å². The number of aromatic nitrogens is 2. The number of nitrogens with zero attached hydrogens (tertiary/aromatic N) is 4. The molecule has 3 aromatic rings. The summed E-state index contributed by atoms with van der Waals surface area (Å²) >= 11 is 0. The first-order valence-corrected chi connectivity index (χ1v) is 14.3. The van der Waals surface area contributed by atoms with Gasteiger partial charge in [0.1, 0.15) is 11.9 Å². The lowest BCUT2D eigenvalue weighted by atomic mass is 9.95. The maximum absolute atomic E-state index is 13.2. The molecule has 1 aliphatic rings. The van der Waals surface area contributed by atoms with Crippen LogP contribution in [-0.4, -0.2) is 60.2 Å². The summed E-state index contributed by atoms with van der Waals surface area (Å²) in [5.41, 5.74) is 2.90. The van der Waals surface area contributed by atoms with Gasteiger partial charge in [-0.1, -0.05) is 17.7 Å².